The second-order valence-corrected chi connectivity index (χ2v) is 3.09. The van der Waals surface area contributed by atoms with Gasteiger partial charge in [-0.3, -0.25) is 0 Å². The Labute approximate surface area is 115 Å². The minimum absolute atomic E-state index is 0. The maximum absolute atomic E-state index is 8.48. The Morgan fingerprint density at radius 1 is 1.38 bits per heavy atom. The molecule has 0 aliphatic rings. The monoisotopic (exact) mass is 334 g/mol. The van der Waals surface area contributed by atoms with Gasteiger partial charge in [0.15, 0.2) is 0 Å². The Bertz CT molecular complexity index is 108. The van der Waals surface area contributed by atoms with E-state index < -0.39 is 8.25 Å². The summed E-state index contributed by atoms with van der Waals surface area (Å²) in [5.74, 6) is 0.704. The molecule has 0 amide bonds. The molecule has 0 saturated carbocycles. The normalized spacial score (nSPS) is 10.5. The maximum Gasteiger partial charge on any atom is 3.00 e. The smallest absolute Gasteiger partial charge is 0.598 e. The maximum atomic E-state index is 8.48. The van der Waals surface area contributed by atoms with E-state index in [4.69, 9.17) is 14.4 Å². The molecule has 75 valence electrons. The molecule has 0 saturated heterocycles. The van der Waals surface area contributed by atoms with Crippen molar-refractivity contribution < 1.29 is 55.2 Å². The molecule has 0 rings (SSSR count). The Balaban J connectivity index is -0.000000173. The number of rotatable bonds is 4. The van der Waals surface area contributed by atoms with Crippen molar-refractivity contribution >= 4 is 8.25 Å². The fourth-order valence-corrected chi connectivity index (χ4v) is 0.697. The molecule has 0 aromatic heterocycles. The van der Waals surface area contributed by atoms with Crippen LogP contribution in [0.15, 0.2) is 0 Å². The Morgan fingerprint density at radius 3 is 2.00 bits per heavy atom. The van der Waals surface area contributed by atoms with Crippen molar-refractivity contribution in [2.45, 2.75) is 39.5 Å². The Morgan fingerprint density at radius 2 is 1.77 bits per heavy atom. The summed E-state index contributed by atoms with van der Waals surface area (Å²) in [6.45, 7) is 8.42. The van der Waals surface area contributed by atoms with Gasteiger partial charge in [-0.1, -0.05) is 44.1 Å². The van der Waals surface area contributed by atoms with Gasteiger partial charge in [0.2, 0.25) is 0 Å². The van der Waals surface area contributed by atoms with Crippen LogP contribution in [0, 0.1) is 53.7 Å². The predicted molar refractivity (Wildman–Crippen MR) is 46.3 cm³/mol. The molecule has 0 aliphatic heterocycles. The van der Waals surface area contributed by atoms with Crippen LogP contribution in [0.5, 0.6) is 0 Å². The number of hydrogen-bond acceptors (Lipinski definition) is 3. The van der Waals surface area contributed by atoms with Crippen LogP contribution in [0.2, 0.25) is 0 Å². The topological polar surface area (TPSA) is 63.2 Å². The molecule has 0 spiro atoms. The summed E-state index contributed by atoms with van der Waals surface area (Å²) in [6.07, 6.45) is 5.21. The second-order valence-electron chi connectivity index (χ2n) is 2.64. The summed E-state index contributed by atoms with van der Waals surface area (Å²) >= 11 is 0. The quantitative estimate of drug-likeness (QED) is 0.576. The molecule has 1 unspecified atom stereocenters. The Hall–Kier alpha value is 1.37. The van der Waals surface area contributed by atoms with Crippen LogP contribution in [0.1, 0.15) is 39.5 Å². The molecule has 0 heterocycles. The van der Waals surface area contributed by atoms with Gasteiger partial charge in [-0.25, -0.2) is 0 Å². The third-order valence-electron chi connectivity index (χ3n) is 1.54. The summed E-state index contributed by atoms with van der Waals surface area (Å²) in [5.41, 5.74) is 0. The molecule has 3 nitrogen and oxygen atoms in total. The largest absolute Gasteiger partial charge is 3.00 e. The van der Waals surface area contributed by atoms with E-state index in [9.17, 15) is 0 Å². The minimum atomic E-state index is -3.37. The van der Waals surface area contributed by atoms with Crippen molar-refractivity contribution in [3.63, 3.8) is 0 Å². The molecule has 0 aromatic carbocycles. The van der Waals surface area contributed by atoms with Crippen LogP contribution < -0.4 is 9.79 Å². The van der Waals surface area contributed by atoms with E-state index in [-0.39, 0.29) is 40.8 Å². The van der Waals surface area contributed by atoms with Gasteiger partial charge < -0.3 is 16.7 Å². The molecule has 0 fully saturated rings. The van der Waals surface area contributed by atoms with Gasteiger partial charge in [-0.05, 0) is 0 Å². The van der Waals surface area contributed by atoms with Crippen molar-refractivity contribution in [2.24, 2.45) is 5.92 Å². The average molecular weight is 336 g/mol. The van der Waals surface area contributed by atoms with E-state index in [1.807, 2.05) is 0 Å². The molecule has 1 radical (unpaired) electrons. The second kappa shape index (κ2) is 15.8. The van der Waals surface area contributed by atoms with E-state index in [2.05, 4.69) is 20.8 Å². The zero-order valence-electron chi connectivity index (χ0n) is 8.28. The van der Waals surface area contributed by atoms with Gasteiger partial charge in [-0.2, -0.15) is 5.92 Å². The van der Waals surface area contributed by atoms with Gasteiger partial charge in [0.1, 0.15) is 0 Å². The summed E-state index contributed by atoms with van der Waals surface area (Å²) in [7, 11) is -3.37. The van der Waals surface area contributed by atoms with Gasteiger partial charge in [0, 0.05) is 0 Å². The summed E-state index contributed by atoms with van der Waals surface area (Å²) in [4.78, 5) is 17.0. The molecule has 5 heteroatoms. The van der Waals surface area contributed by atoms with Crippen molar-refractivity contribution in [2.75, 3.05) is 0 Å². The van der Waals surface area contributed by atoms with Gasteiger partial charge in [-0.15, -0.1) is 0 Å². The number of unbranched alkanes of at least 4 members (excludes halogenated alkanes) is 1. The van der Waals surface area contributed by atoms with E-state index in [1.54, 1.807) is 0 Å². The molecular weight excluding hydrogens is 319 g/mol. The first-order valence-corrected chi connectivity index (χ1v) is 5.28. The SMILES string of the molecule is O=[P+]([O-])[O-].[CH2-]C(CC)CCCC.[Nd+3]. The van der Waals surface area contributed by atoms with Crippen molar-refractivity contribution in [1.29, 1.82) is 0 Å². The summed E-state index contributed by atoms with van der Waals surface area (Å²) in [6, 6.07) is 0. The first kappa shape index (κ1) is 19.9. The van der Waals surface area contributed by atoms with E-state index in [0.29, 0.717) is 5.92 Å². The summed E-state index contributed by atoms with van der Waals surface area (Å²) < 4.78 is 8.48. The fourth-order valence-electron chi connectivity index (χ4n) is 0.697. The minimum Gasteiger partial charge on any atom is -0.598 e. The molecule has 0 aliphatic carbocycles. The van der Waals surface area contributed by atoms with Crippen LogP contribution >= 0.6 is 8.25 Å². The van der Waals surface area contributed by atoms with Crippen LogP contribution in [0.4, 0.5) is 0 Å². The zero-order chi connectivity index (χ0) is 9.98. The molecule has 0 N–H and O–H groups in total. The van der Waals surface area contributed by atoms with Crippen LogP contribution in [0.25, 0.3) is 0 Å². The van der Waals surface area contributed by atoms with Crippen LogP contribution in [0.3, 0.4) is 0 Å². The van der Waals surface area contributed by atoms with Crippen molar-refractivity contribution in [3.8, 4) is 0 Å². The summed E-state index contributed by atoms with van der Waals surface area (Å²) in [5, 5.41) is 0. The molecular formula is C8H17NdO3P+. The fraction of sp³-hybridized carbons (Fsp3) is 0.875. The van der Waals surface area contributed by atoms with Gasteiger partial charge in [0.05, 0.1) is 0 Å². The van der Waals surface area contributed by atoms with Gasteiger partial charge >= 0.3 is 40.8 Å². The third kappa shape index (κ3) is 31.8. The Kier molecular flexibility index (Phi) is 24.2. The van der Waals surface area contributed by atoms with Crippen molar-refractivity contribution in [1.82, 2.24) is 0 Å². The predicted octanol–water partition coefficient (Wildman–Crippen LogP) is 1.40. The van der Waals surface area contributed by atoms with Gasteiger partial charge in [0.25, 0.3) is 8.25 Å². The molecule has 1 atom stereocenters. The van der Waals surface area contributed by atoms with E-state index in [1.165, 1.54) is 25.7 Å². The molecule has 0 aromatic rings. The van der Waals surface area contributed by atoms with Crippen molar-refractivity contribution in [3.05, 3.63) is 6.92 Å². The number of hydrogen-bond donors (Lipinski definition) is 0. The van der Waals surface area contributed by atoms with E-state index in [0.717, 1.165) is 0 Å². The molecule has 13 heavy (non-hydrogen) atoms. The van der Waals surface area contributed by atoms with Crippen LogP contribution in [-0.2, 0) is 4.57 Å². The third-order valence-corrected chi connectivity index (χ3v) is 1.54. The molecule has 0 bridgehead atoms. The first-order valence-electron chi connectivity index (χ1n) is 4.19. The van der Waals surface area contributed by atoms with Crippen LogP contribution in [-0.4, -0.2) is 0 Å². The average Bonchev–Trinajstić information content (AvgIpc) is 1.99. The zero-order valence-corrected chi connectivity index (χ0v) is 12.4. The first-order chi connectivity index (χ1) is 5.54. The standard InChI is InChI=1S/C8H17.Nd.HO3P/c1-4-6-7-8(3)5-2;;1-4(2)3/h8H,3-7H2,1-2H3;;(H,1,2,3)/q-1;+3;/p-1. The van der Waals surface area contributed by atoms with E-state index >= 15 is 0 Å².